The van der Waals surface area contributed by atoms with Crippen LogP contribution >= 0.6 is 0 Å². The quantitative estimate of drug-likeness (QED) is 0.702. The largest absolute Gasteiger partial charge is 0.491 e. The normalized spacial score (nSPS) is 11.3. The third kappa shape index (κ3) is 4.70. The van der Waals surface area contributed by atoms with Crippen molar-refractivity contribution in [2.45, 2.75) is 26.5 Å². The summed E-state index contributed by atoms with van der Waals surface area (Å²) in [5, 5.41) is 2.84. The number of nitrogens with one attached hydrogen (secondary N) is 1. The monoisotopic (exact) mass is 335 g/mol. The molecule has 0 unspecified atom stereocenters. The predicted molar refractivity (Wildman–Crippen MR) is 98.3 cm³/mol. The molecule has 0 aliphatic heterocycles. The van der Waals surface area contributed by atoms with Gasteiger partial charge >= 0.3 is 0 Å². The van der Waals surface area contributed by atoms with E-state index in [2.05, 4.69) is 10.3 Å². The maximum Gasteiger partial charge on any atom is 0.244 e. The Morgan fingerprint density at radius 1 is 1.28 bits per heavy atom. The third-order valence-corrected chi connectivity index (χ3v) is 3.51. The van der Waals surface area contributed by atoms with Crippen molar-refractivity contribution in [2.75, 3.05) is 0 Å². The number of hydrogen-bond acceptors (Lipinski definition) is 3. The van der Waals surface area contributed by atoms with Gasteiger partial charge in [-0.1, -0.05) is 18.2 Å². The number of ether oxygens (including phenoxy) is 1. The van der Waals surface area contributed by atoms with Gasteiger partial charge in [0.2, 0.25) is 5.91 Å². The van der Waals surface area contributed by atoms with E-state index >= 15 is 0 Å². The highest BCUT2D eigenvalue weighted by molar-refractivity contribution is 5.91. The average molecular weight is 335 g/mol. The van der Waals surface area contributed by atoms with Crippen molar-refractivity contribution in [1.82, 2.24) is 14.7 Å². The first-order chi connectivity index (χ1) is 12.1. The molecule has 1 N–H and O–H groups in total. The summed E-state index contributed by atoms with van der Waals surface area (Å²) < 4.78 is 7.58. The first-order valence-electron chi connectivity index (χ1n) is 8.25. The summed E-state index contributed by atoms with van der Waals surface area (Å²) in [7, 11) is 0. The van der Waals surface area contributed by atoms with E-state index in [1.807, 2.05) is 73.1 Å². The molecule has 2 heterocycles. The molecular formula is C20H21N3O2. The van der Waals surface area contributed by atoms with E-state index in [0.717, 1.165) is 22.7 Å². The Morgan fingerprint density at radius 2 is 2.16 bits per heavy atom. The molecule has 0 spiro atoms. The molecule has 0 radical (unpaired) electrons. The molecule has 0 bridgehead atoms. The second-order valence-corrected chi connectivity index (χ2v) is 5.99. The van der Waals surface area contributed by atoms with Crippen molar-refractivity contribution in [2.24, 2.45) is 0 Å². The van der Waals surface area contributed by atoms with E-state index in [1.54, 1.807) is 6.08 Å². The van der Waals surface area contributed by atoms with Gasteiger partial charge in [-0.3, -0.25) is 4.79 Å². The van der Waals surface area contributed by atoms with Crippen LogP contribution in [-0.2, 0) is 11.3 Å². The highest BCUT2D eigenvalue weighted by atomic mass is 16.5. The van der Waals surface area contributed by atoms with Crippen LogP contribution in [0.5, 0.6) is 5.75 Å². The molecule has 3 rings (SSSR count). The molecule has 3 aromatic rings. The topological polar surface area (TPSA) is 55.6 Å². The predicted octanol–water partition coefficient (Wildman–Crippen LogP) is 3.45. The van der Waals surface area contributed by atoms with Crippen LogP contribution in [0.1, 0.15) is 25.1 Å². The van der Waals surface area contributed by atoms with E-state index in [0.29, 0.717) is 6.54 Å². The lowest BCUT2D eigenvalue weighted by Crippen LogP contribution is -2.20. The van der Waals surface area contributed by atoms with Gasteiger partial charge < -0.3 is 14.5 Å². The number of aromatic nitrogens is 2. The first kappa shape index (κ1) is 16.8. The zero-order valence-corrected chi connectivity index (χ0v) is 14.3. The van der Waals surface area contributed by atoms with Crippen LogP contribution in [0, 0.1) is 0 Å². The van der Waals surface area contributed by atoms with Crippen molar-refractivity contribution < 1.29 is 9.53 Å². The molecular weight excluding hydrogens is 314 g/mol. The molecule has 0 fully saturated rings. The number of amides is 1. The van der Waals surface area contributed by atoms with E-state index < -0.39 is 0 Å². The van der Waals surface area contributed by atoms with Gasteiger partial charge in [0.25, 0.3) is 0 Å². The average Bonchev–Trinajstić information content (AvgIpc) is 3.01. The Balaban J connectivity index is 1.57. The van der Waals surface area contributed by atoms with Gasteiger partial charge in [-0.2, -0.15) is 0 Å². The minimum atomic E-state index is -0.160. The van der Waals surface area contributed by atoms with Crippen molar-refractivity contribution >= 4 is 17.6 Å². The summed E-state index contributed by atoms with van der Waals surface area (Å²) in [6.45, 7) is 4.35. The number of pyridine rings is 1. The Morgan fingerprint density at radius 3 is 2.96 bits per heavy atom. The van der Waals surface area contributed by atoms with Crippen LogP contribution in [-0.4, -0.2) is 21.4 Å². The maximum absolute atomic E-state index is 12.0. The lowest BCUT2D eigenvalue weighted by Gasteiger charge is -2.09. The Bertz CT molecular complexity index is 864. The second kappa shape index (κ2) is 7.66. The maximum atomic E-state index is 12.0. The molecule has 128 valence electrons. The fourth-order valence-electron chi connectivity index (χ4n) is 2.44. The third-order valence-electron chi connectivity index (χ3n) is 3.51. The number of benzene rings is 1. The smallest absolute Gasteiger partial charge is 0.244 e. The highest BCUT2D eigenvalue weighted by Gasteiger charge is 2.03. The zero-order valence-electron chi connectivity index (χ0n) is 14.3. The van der Waals surface area contributed by atoms with Crippen LogP contribution in [0.25, 0.3) is 11.7 Å². The molecule has 25 heavy (non-hydrogen) atoms. The number of fused-ring (bicyclic) bond motifs is 1. The van der Waals surface area contributed by atoms with E-state index in [4.69, 9.17) is 4.74 Å². The summed E-state index contributed by atoms with van der Waals surface area (Å²) in [6, 6.07) is 13.5. The lowest BCUT2D eigenvalue weighted by molar-refractivity contribution is -0.116. The van der Waals surface area contributed by atoms with Crippen molar-refractivity contribution in [1.29, 1.82) is 0 Å². The molecule has 1 amide bonds. The second-order valence-electron chi connectivity index (χ2n) is 5.99. The van der Waals surface area contributed by atoms with Gasteiger partial charge in [-0.25, -0.2) is 4.98 Å². The van der Waals surface area contributed by atoms with E-state index in [-0.39, 0.29) is 12.0 Å². The minimum Gasteiger partial charge on any atom is -0.491 e. The first-order valence-corrected chi connectivity index (χ1v) is 8.25. The molecule has 0 aliphatic rings. The Labute approximate surface area is 147 Å². The van der Waals surface area contributed by atoms with Crippen LogP contribution < -0.4 is 10.1 Å². The van der Waals surface area contributed by atoms with Crippen molar-refractivity contribution in [3.05, 3.63) is 72.2 Å². The highest BCUT2D eigenvalue weighted by Crippen LogP contribution is 2.15. The van der Waals surface area contributed by atoms with Gasteiger partial charge in [0, 0.05) is 18.5 Å². The van der Waals surface area contributed by atoms with Crippen molar-refractivity contribution in [3.63, 3.8) is 0 Å². The number of rotatable bonds is 6. The van der Waals surface area contributed by atoms with Gasteiger partial charge in [-0.05, 0) is 49.8 Å². The molecule has 0 saturated heterocycles. The number of hydrogen-bond donors (Lipinski definition) is 1. The van der Waals surface area contributed by atoms with Crippen LogP contribution in [0.4, 0.5) is 0 Å². The lowest BCUT2D eigenvalue weighted by atomic mass is 10.2. The molecule has 0 aliphatic carbocycles. The van der Waals surface area contributed by atoms with E-state index in [9.17, 15) is 4.79 Å². The number of carbonyl (C=O) groups excluding carboxylic acids is 1. The van der Waals surface area contributed by atoms with Gasteiger partial charge in [0.05, 0.1) is 18.3 Å². The summed E-state index contributed by atoms with van der Waals surface area (Å²) in [6.07, 6.45) is 7.25. The fraction of sp³-hybridized carbons (Fsp3) is 0.200. The number of imidazole rings is 1. The molecule has 2 aromatic heterocycles. The Hall–Kier alpha value is -3.08. The van der Waals surface area contributed by atoms with Crippen molar-refractivity contribution in [3.8, 4) is 5.75 Å². The SMILES string of the molecule is CC(C)Oc1cccc(/C=C/C(=O)NCc2cn3ccccc3n2)c1. The Kier molecular flexibility index (Phi) is 5.14. The van der Waals surface area contributed by atoms with Crippen LogP contribution in [0.15, 0.2) is 60.9 Å². The van der Waals surface area contributed by atoms with Gasteiger partial charge in [-0.15, -0.1) is 0 Å². The van der Waals surface area contributed by atoms with Gasteiger partial charge in [0.1, 0.15) is 11.4 Å². The van der Waals surface area contributed by atoms with Crippen LogP contribution in [0.2, 0.25) is 0 Å². The molecule has 1 aromatic carbocycles. The number of carbonyl (C=O) groups is 1. The van der Waals surface area contributed by atoms with Gasteiger partial charge in [0.15, 0.2) is 0 Å². The minimum absolute atomic E-state index is 0.118. The fourth-order valence-corrected chi connectivity index (χ4v) is 2.44. The molecule has 5 heteroatoms. The summed E-state index contributed by atoms with van der Waals surface area (Å²) in [5.74, 6) is 0.634. The summed E-state index contributed by atoms with van der Waals surface area (Å²) in [5.41, 5.74) is 2.60. The standard InChI is InChI=1S/C20H21N3O2/c1-15(2)25-18-7-5-6-16(12-18)9-10-20(24)21-13-17-14-23-11-4-3-8-19(23)22-17/h3-12,14-15H,13H2,1-2H3,(H,21,24)/b10-9+. The molecule has 0 atom stereocenters. The summed E-state index contributed by atoms with van der Waals surface area (Å²) in [4.78, 5) is 16.5. The summed E-state index contributed by atoms with van der Waals surface area (Å²) >= 11 is 0. The number of nitrogens with zero attached hydrogens (tertiary/aromatic N) is 2. The van der Waals surface area contributed by atoms with E-state index in [1.165, 1.54) is 6.08 Å². The van der Waals surface area contributed by atoms with Crippen LogP contribution in [0.3, 0.4) is 0 Å². The zero-order chi connectivity index (χ0) is 17.6. The molecule has 0 saturated carbocycles. The molecule has 5 nitrogen and oxygen atoms in total.